The summed E-state index contributed by atoms with van der Waals surface area (Å²) < 4.78 is 11.9. The van der Waals surface area contributed by atoms with Gasteiger partial charge in [0.05, 0.1) is 6.61 Å². The normalized spacial score (nSPS) is 11.4. The molecule has 0 saturated heterocycles. The van der Waals surface area contributed by atoms with Crippen LogP contribution >= 0.6 is 11.8 Å². The molecule has 0 aliphatic carbocycles. The van der Waals surface area contributed by atoms with Crippen LogP contribution in [0, 0.1) is 6.92 Å². The van der Waals surface area contributed by atoms with Gasteiger partial charge in [0.2, 0.25) is 0 Å². The monoisotopic (exact) mass is 536 g/mol. The Balaban J connectivity index is 0.00000420. The standard InChI is InChI=1S/C31H31NO5S.Li/c1-21-8-6-7-11-25(21)27-18-22(12-14-26(27)30(33)32-28(31(34)35)16-17-38-2)19-36-20-24-13-15-29(37-24)23-9-4-3-5-10-23;/h3-15,18,28H,16-17,19-20H2,1-2H3,(H,32,33)(H,34,35);/t28-;/m0./s1. The second-order valence-corrected chi connectivity index (χ2v) is 9.95. The first-order valence-electron chi connectivity index (χ1n) is 12.4. The number of carbonyl (C=O) groups is 2. The van der Waals surface area contributed by atoms with Crippen LogP contribution in [0.4, 0.5) is 0 Å². The molecule has 0 bridgehead atoms. The van der Waals surface area contributed by atoms with Gasteiger partial charge in [0.1, 0.15) is 24.2 Å². The number of hydrogen-bond acceptors (Lipinski definition) is 5. The molecule has 0 aliphatic rings. The van der Waals surface area contributed by atoms with Crippen molar-refractivity contribution in [2.45, 2.75) is 32.6 Å². The minimum atomic E-state index is -1.04. The van der Waals surface area contributed by atoms with E-state index < -0.39 is 17.9 Å². The molecule has 1 aromatic heterocycles. The van der Waals surface area contributed by atoms with E-state index >= 15 is 0 Å². The van der Waals surface area contributed by atoms with Crippen molar-refractivity contribution >= 4 is 42.5 Å². The number of carbonyl (C=O) groups excluding carboxylic acids is 1. The fourth-order valence-corrected chi connectivity index (χ4v) is 4.66. The molecule has 1 atom stereocenters. The summed E-state index contributed by atoms with van der Waals surface area (Å²) in [6.45, 7) is 2.62. The number of carboxylic acids is 1. The molecule has 1 radical (unpaired) electrons. The van der Waals surface area contributed by atoms with E-state index in [1.807, 2.05) is 92.0 Å². The number of nitrogens with one attached hydrogen (secondary N) is 1. The van der Waals surface area contributed by atoms with Crippen LogP contribution in [0.3, 0.4) is 0 Å². The van der Waals surface area contributed by atoms with Crippen molar-refractivity contribution in [3.05, 3.63) is 107 Å². The third-order valence-corrected chi connectivity index (χ3v) is 6.85. The first-order chi connectivity index (χ1) is 18.5. The average molecular weight is 537 g/mol. The first-order valence-corrected chi connectivity index (χ1v) is 13.8. The molecule has 4 rings (SSSR count). The van der Waals surface area contributed by atoms with E-state index in [0.717, 1.165) is 39.3 Å². The average Bonchev–Trinajstić information content (AvgIpc) is 3.40. The molecule has 1 heterocycles. The summed E-state index contributed by atoms with van der Waals surface area (Å²) in [5.74, 6) is 0.708. The third-order valence-electron chi connectivity index (χ3n) is 6.21. The Hall–Kier alpha value is -3.21. The van der Waals surface area contributed by atoms with E-state index in [1.54, 1.807) is 17.8 Å². The van der Waals surface area contributed by atoms with Crippen LogP contribution in [0.5, 0.6) is 0 Å². The number of furan rings is 1. The van der Waals surface area contributed by atoms with E-state index in [4.69, 9.17) is 9.15 Å². The molecule has 0 spiro atoms. The van der Waals surface area contributed by atoms with Crippen LogP contribution in [0.1, 0.15) is 33.7 Å². The smallest absolute Gasteiger partial charge is 0.326 e. The van der Waals surface area contributed by atoms with Gasteiger partial charge in [0.25, 0.3) is 5.91 Å². The minimum absolute atomic E-state index is 0. The number of thioether (sulfide) groups is 1. The van der Waals surface area contributed by atoms with E-state index in [0.29, 0.717) is 31.0 Å². The molecule has 3 aromatic carbocycles. The Morgan fingerprint density at radius 3 is 2.41 bits per heavy atom. The van der Waals surface area contributed by atoms with Gasteiger partial charge in [0.15, 0.2) is 0 Å². The number of hydrogen-bond donors (Lipinski definition) is 2. The van der Waals surface area contributed by atoms with Gasteiger partial charge in [-0.3, -0.25) is 4.79 Å². The molecule has 1 amide bonds. The summed E-state index contributed by atoms with van der Waals surface area (Å²) in [5.41, 5.74) is 4.99. The molecular formula is C31H31LiNO5S. The molecule has 197 valence electrons. The van der Waals surface area contributed by atoms with Gasteiger partial charge in [-0.25, -0.2) is 4.79 Å². The fourth-order valence-electron chi connectivity index (χ4n) is 4.19. The largest absolute Gasteiger partial charge is 0.480 e. The maximum atomic E-state index is 13.2. The van der Waals surface area contributed by atoms with E-state index in [2.05, 4.69) is 5.32 Å². The van der Waals surface area contributed by atoms with Gasteiger partial charge in [-0.05, 0) is 71.9 Å². The zero-order valence-electron chi connectivity index (χ0n) is 22.5. The van der Waals surface area contributed by atoms with Gasteiger partial charge in [-0.15, -0.1) is 0 Å². The van der Waals surface area contributed by atoms with Crippen molar-refractivity contribution in [3.63, 3.8) is 0 Å². The molecular weight excluding hydrogens is 505 g/mol. The van der Waals surface area contributed by atoms with E-state index in [-0.39, 0.29) is 18.9 Å². The van der Waals surface area contributed by atoms with Crippen molar-refractivity contribution < 1.29 is 23.8 Å². The van der Waals surface area contributed by atoms with Crippen LogP contribution in [-0.2, 0) is 22.7 Å². The molecule has 0 saturated carbocycles. The van der Waals surface area contributed by atoms with Crippen LogP contribution in [0.15, 0.2) is 89.3 Å². The predicted octanol–water partition coefficient (Wildman–Crippen LogP) is 6.19. The summed E-state index contributed by atoms with van der Waals surface area (Å²) in [5, 5.41) is 12.3. The quantitative estimate of drug-likeness (QED) is 0.210. The van der Waals surface area contributed by atoms with Crippen molar-refractivity contribution in [3.8, 4) is 22.5 Å². The van der Waals surface area contributed by atoms with E-state index in [9.17, 15) is 14.7 Å². The Morgan fingerprint density at radius 1 is 0.949 bits per heavy atom. The number of benzene rings is 3. The number of ether oxygens (including phenoxy) is 1. The topological polar surface area (TPSA) is 88.8 Å². The molecule has 0 aliphatic heterocycles. The summed E-state index contributed by atoms with van der Waals surface area (Å²) >= 11 is 1.54. The fraction of sp³-hybridized carbons (Fsp3) is 0.226. The molecule has 8 heteroatoms. The Morgan fingerprint density at radius 2 is 1.69 bits per heavy atom. The van der Waals surface area contributed by atoms with Gasteiger partial charge < -0.3 is 19.6 Å². The van der Waals surface area contributed by atoms with Gasteiger partial charge in [-0.2, -0.15) is 11.8 Å². The number of carboxylic acid groups (broad SMARTS) is 1. The Kier molecular flexibility index (Phi) is 11.5. The predicted molar refractivity (Wildman–Crippen MR) is 157 cm³/mol. The van der Waals surface area contributed by atoms with Crippen molar-refractivity contribution in [1.82, 2.24) is 5.32 Å². The summed E-state index contributed by atoms with van der Waals surface area (Å²) in [6, 6.07) is 26.1. The molecule has 4 aromatic rings. The maximum absolute atomic E-state index is 13.2. The summed E-state index contributed by atoms with van der Waals surface area (Å²) in [6.07, 6.45) is 2.26. The maximum Gasteiger partial charge on any atom is 0.326 e. The number of amides is 1. The molecule has 39 heavy (non-hydrogen) atoms. The zero-order valence-corrected chi connectivity index (χ0v) is 23.3. The van der Waals surface area contributed by atoms with E-state index in [1.165, 1.54) is 0 Å². The Bertz CT molecular complexity index is 1390. The molecule has 6 nitrogen and oxygen atoms in total. The Labute approximate surface area is 245 Å². The summed E-state index contributed by atoms with van der Waals surface area (Å²) in [4.78, 5) is 24.9. The minimum Gasteiger partial charge on any atom is -0.480 e. The van der Waals surface area contributed by atoms with Crippen molar-refractivity contribution in [2.75, 3.05) is 12.0 Å². The van der Waals surface area contributed by atoms with Crippen LogP contribution in [0.25, 0.3) is 22.5 Å². The van der Waals surface area contributed by atoms with Crippen LogP contribution < -0.4 is 5.32 Å². The van der Waals surface area contributed by atoms with Crippen molar-refractivity contribution in [1.29, 1.82) is 0 Å². The van der Waals surface area contributed by atoms with Gasteiger partial charge in [-0.1, -0.05) is 60.7 Å². The van der Waals surface area contributed by atoms with Gasteiger partial charge >= 0.3 is 5.97 Å². The zero-order chi connectivity index (χ0) is 26.9. The number of aryl methyl sites for hydroxylation is 1. The van der Waals surface area contributed by atoms with Crippen LogP contribution in [-0.4, -0.2) is 53.9 Å². The summed E-state index contributed by atoms with van der Waals surface area (Å²) in [7, 11) is 0. The number of rotatable bonds is 12. The second-order valence-electron chi connectivity index (χ2n) is 8.97. The molecule has 2 N–H and O–H groups in total. The first kappa shape index (κ1) is 30.3. The molecule has 0 fully saturated rings. The second kappa shape index (κ2) is 14.8. The van der Waals surface area contributed by atoms with Gasteiger partial charge in [0, 0.05) is 30.0 Å². The molecule has 0 unspecified atom stereocenters. The number of aliphatic carboxylic acids is 1. The van der Waals surface area contributed by atoms with Crippen molar-refractivity contribution in [2.24, 2.45) is 0 Å². The van der Waals surface area contributed by atoms with Crippen LogP contribution in [0.2, 0.25) is 0 Å². The third kappa shape index (κ3) is 8.14. The SMILES string of the molecule is CSCC[C@H](NC(=O)c1ccc(COCc2ccc(-c3ccccc3)o2)cc1-c1ccccc1C)C(=O)O.[Li].